The molecular weight excluding hydrogens is 284 g/mol. The molecule has 21 heavy (non-hydrogen) atoms. The van der Waals surface area contributed by atoms with Crippen molar-refractivity contribution in [3.63, 3.8) is 0 Å². The number of hydrogen-bond acceptors (Lipinski definition) is 1. The fourth-order valence-corrected chi connectivity index (χ4v) is 3.11. The minimum atomic E-state index is -0.742. The zero-order valence-electron chi connectivity index (χ0n) is 13.3. The van der Waals surface area contributed by atoms with Crippen LogP contribution < -0.4 is 0 Å². The van der Waals surface area contributed by atoms with Crippen LogP contribution in [0.4, 0.5) is 0 Å². The summed E-state index contributed by atoms with van der Waals surface area (Å²) in [6.07, 6.45) is 1.90. The Morgan fingerprint density at radius 1 is 1.24 bits per heavy atom. The molecular formula is C18H23ClO2. The van der Waals surface area contributed by atoms with Gasteiger partial charge in [0.1, 0.15) is 0 Å². The summed E-state index contributed by atoms with van der Waals surface area (Å²) in [5.74, 6) is -1.07. The van der Waals surface area contributed by atoms with Crippen LogP contribution in [0.1, 0.15) is 45.7 Å². The van der Waals surface area contributed by atoms with E-state index in [4.69, 9.17) is 11.6 Å². The maximum atomic E-state index is 11.2. The summed E-state index contributed by atoms with van der Waals surface area (Å²) < 4.78 is 0. The molecule has 1 fully saturated rings. The topological polar surface area (TPSA) is 37.3 Å². The van der Waals surface area contributed by atoms with Gasteiger partial charge in [-0.2, -0.15) is 0 Å². The predicted molar refractivity (Wildman–Crippen MR) is 87.4 cm³/mol. The highest BCUT2D eigenvalue weighted by Gasteiger charge is 2.61. The molecule has 3 heteroatoms. The highest BCUT2D eigenvalue weighted by molar-refractivity contribution is 6.48. The van der Waals surface area contributed by atoms with Crippen LogP contribution in [0.3, 0.4) is 0 Å². The lowest BCUT2D eigenvalue weighted by molar-refractivity contribution is -0.139. The number of allylic oxidation sites excluding steroid dienone is 1. The molecule has 1 aliphatic rings. The molecule has 0 aromatic heterocycles. The van der Waals surface area contributed by atoms with Crippen molar-refractivity contribution in [1.82, 2.24) is 0 Å². The quantitative estimate of drug-likeness (QED) is 0.860. The SMILES string of the molecule is CC(C)(C)c1ccc(C(Cl)=CC2C(C(=O)O)C2(C)C)cc1. The zero-order chi connectivity index (χ0) is 16.0. The van der Waals surface area contributed by atoms with Gasteiger partial charge < -0.3 is 5.11 Å². The van der Waals surface area contributed by atoms with Gasteiger partial charge in [-0.3, -0.25) is 4.79 Å². The van der Waals surface area contributed by atoms with Crippen molar-refractivity contribution < 1.29 is 9.90 Å². The maximum Gasteiger partial charge on any atom is 0.307 e. The van der Waals surface area contributed by atoms with E-state index in [0.29, 0.717) is 5.03 Å². The Hall–Kier alpha value is -1.28. The molecule has 2 nitrogen and oxygen atoms in total. The van der Waals surface area contributed by atoms with E-state index in [1.807, 2.05) is 32.1 Å². The molecule has 0 saturated heterocycles. The molecule has 2 unspecified atom stereocenters. The van der Waals surface area contributed by atoms with E-state index >= 15 is 0 Å². The van der Waals surface area contributed by atoms with Crippen LogP contribution >= 0.6 is 11.6 Å². The van der Waals surface area contributed by atoms with E-state index in [0.717, 1.165) is 5.56 Å². The van der Waals surface area contributed by atoms with Gasteiger partial charge >= 0.3 is 5.97 Å². The van der Waals surface area contributed by atoms with Gasteiger partial charge in [0.2, 0.25) is 0 Å². The fraction of sp³-hybridized carbons (Fsp3) is 0.500. The van der Waals surface area contributed by atoms with E-state index in [-0.39, 0.29) is 22.7 Å². The summed E-state index contributed by atoms with van der Waals surface area (Å²) in [6, 6.07) is 8.17. The van der Waals surface area contributed by atoms with Crippen molar-refractivity contribution in [2.45, 2.75) is 40.0 Å². The molecule has 0 amide bonds. The minimum Gasteiger partial charge on any atom is -0.481 e. The van der Waals surface area contributed by atoms with E-state index in [1.54, 1.807) is 0 Å². The summed E-state index contributed by atoms with van der Waals surface area (Å²) >= 11 is 6.37. The Balaban J connectivity index is 2.20. The molecule has 1 aromatic carbocycles. The van der Waals surface area contributed by atoms with Gasteiger partial charge in [-0.1, -0.05) is 76.6 Å². The first-order valence-electron chi connectivity index (χ1n) is 7.26. The fourth-order valence-electron chi connectivity index (χ4n) is 2.84. The molecule has 1 saturated carbocycles. The standard InChI is InChI=1S/C18H23ClO2/c1-17(2,3)12-8-6-11(7-9-12)14(19)10-13-15(16(20)21)18(13,4)5/h6-10,13,15H,1-5H3,(H,20,21). The van der Waals surface area contributed by atoms with Crippen molar-refractivity contribution in [2.24, 2.45) is 17.3 Å². The predicted octanol–water partition coefficient (Wildman–Crippen LogP) is 4.92. The van der Waals surface area contributed by atoms with Crippen molar-refractivity contribution in [1.29, 1.82) is 0 Å². The van der Waals surface area contributed by atoms with Gasteiger partial charge in [-0.15, -0.1) is 0 Å². The Kier molecular flexibility index (Phi) is 3.96. The Labute approximate surface area is 131 Å². The van der Waals surface area contributed by atoms with Crippen molar-refractivity contribution in [3.8, 4) is 0 Å². The molecule has 0 bridgehead atoms. The van der Waals surface area contributed by atoms with Gasteiger partial charge in [-0.25, -0.2) is 0 Å². The number of benzene rings is 1. The van der Waals surface area contributed by atoms with E-state index in [2.05, 4.69) is 32.9 Å². The average Bonchev–Trinajstić information content (AvgIpc) is 2.90. The van der Waals surface area contributed by atoms with Crippen LogP contribution in [-0.4, -0.2) is 11.1 Å². The zero-order valence-corrected chi connectivity index (χ0v) is 14.0. The smallest absolute Gasteiger partial charge is 0.307 e. The van der Waals surface area contributed by atoms with E-state index < -0.39 is 5.97 Å². The Morgan fingerprint density at radius 2 is 1.76 bits per heavy atom. The monoisotopic (exact) mass is 306 g/mol. The van der Waals surface area contributed by atoms with Crippen LogP contribution in [0.15, 0.2) is 30.3 Å². The van der Waals surface area contributed by atoms with Crippen LogP contribution in [0.25, 0.3) is 5.03 Å². The number of halogens is 1. The lowest BCUT2D eigenvalue weighted by atomic mass is 9.86. The molecule has 0 spiro atoms. The van der Waals surface area contributed by atoms with Crippen LogP contribution in [0.5, 0.6) is 0 Å². The molecule has 0 radical (unpaired) electrons. The maximum absolute atomic E-state index is 11.2. The minimum absolute atomic E-state index is 0.00444. The highest BCUT2D eigenvalue weighted by atomic mass is 35.5. The second-order valence-corrected chi connectivity index (χ2v) is 7.91. The number of hydrogen-bond donors (Lipinski definition) is 1. The van der Waals surface area contributed by atoms with Crippen molar-refractivity contribution >= 4 is 22.6 Å². The molecule has 0 aliphatic heterocycles. The summed E-state index contributed by atoms with van der Waals surface area (Å²) in [5.41, 5.74) is 2.10. The third kappa shape index (κ3) is 3.16. The van der Waals surface area contributed by atoms with Gasteiger partial charge in [0.25, 0.3) is 0 Å². The largest absolute Gasteiger partial charge is 0.481 e. The first-order chi connectivity index (χ1) is 9.55. The van der Waals surface area contributed by atoms with Crippen LogP contribution in [-0.2, 0) is 10.2 Å². The average molecular weight is 307 g/mol. The molecule has 1 N–H and O–H groups in total. The number of aliphatic carboxylic acids is 1. The summed E-state index contributed by atoms with van der Waals surface area (Å²) in [7, 11) is 0. The normalized spacial score (nSPS) is 24.8. The van der Waals surface area contributed by atoms with Crippen molar-refractivity contribution in [3.05, 3.63) is 41.5 Å². The molecule has 0 heterocycles. The third-order valence-corrected chi connectivity index (χ3v) is 4.87. The van der Waals surface area contributed by atoms with Crippen LogP contribution in [0, 0.1) is 17.3 Å². The van der Waals surface area contributed by atoms with Gasteiger partial charge in [0.15, 0.2) is 0 Å². The van der Waals surface area contributed by atoms with Crippen molar-refractivity contribution in [2.75, 3.05) is 0 Å². The van der Waals surface area contributed by atoms with E-state index in [9.17, 15) is 9.90 Å². The van der Waals surface area contributed by atoms with Gasteiger partial charge in [0.05, 0.1) is 5.92 Å². The highest BCUT2D eigenvalue weighted by Crippen LogP contribution is 2.59. The second kappa shape index (κ2) is 5.17. The Bertz CT molecular complexity index is 576. The lowest BCUT2D eigenvalue weighted by Gasteiger charge is -2.19. The van der Waals surface area contributed by atoms with Gasteiger partial charge in [-0.05, 0) is 27.9 Å². The molecule has 1 aliphatic carbocycles. The summed E-state index contributed by atoms with van der Waals surface area (Å²) in [6.45, 7) is 10.5. The Morgan fingerprint density at radius 3 is 2.14 bits per heavy atom. The summed E-state index contributed by atoms with van der Waals surface area (Å²) in [4.78, 5) is 11.2. The van der Waals surface area contributed by atoms with E-state index in [1.165, 1.54) is 5.56 Å². The lowest BCUT2D eigenvalue weighted by Crippen LogP contribution is -2.10. The number of carbonyl (C=O) groups is 1. The second-order valence-electron chi connectivity index (χ2n) is 7.51. The summed E-state index contributed by atoms with van der Waals surface area (Å²) in [5, 5.41) is 9.83. The first kappa shape index (κ1) is 16.1. The molecule has 1 aromatic rings. The van der Waals surface area contributed by atoms with Gasteiger partial charge in [0, 0.05) is 5.03 Å². The number of rotatable bonds is 3. The molecule has 2 atom stereocenters. The molecule has 114 valence electrons. The number of carboxylic acids is 1. The number of carboxylic acid groups (broad SMARTS) is 1. The third-order valence-electron chi connectivity index (χ3n) is 4.53. The first-order valence-corrected chi connectivity index (χ1v) is 7.64. The molecule has 2 rings (SSSR count). The van der Waals surface area contributed by atoms with Crippen LogP contribution in [0.2, 0.25) is 0 Å².